The van der Waals surface area contributed by atoms with Gasteiger partial charge in [-0.1, -0.05) is 110 Å². The highest BCUT2D eigenvalue weighted by Crippen LogP contribution is 2.43. The summed E-state index contributed by atoms with van der Waals surface area (Å²) >= 11 is 0. The van der Waals surface area contributed by atoms with Crippen molar-refractivity contribution in [1.82, 2.24) is 9.55 Å². The fourth-order valence-electron chi connectivity index (χ4n) is 4.96. The maximum absolute atomic E-state index is 9.08. The molecule has 0 amide bonds. The summed E-state index contributed by atoms with van der Waals surface area (Å²) in [5.41, 5.74) is 2.44. The van der Waals surface area contributed by atoms with E-state index in [1.807, 2.05) is 0 Å². The van der Waals surface area contributed by atoms with Crippen molar-refractivity contribution in [2.45, 2.75) is 13.2 Å². The summed E-state index contributed by atoms with van der Waals surface area (Å²) in [6.07, 6.45) is -2.84. The number of para-hydroxylation sites is 2. The van der Waals surface area contributed by atoms with E-state index < -0.39 is 37.4 Å². The molecule has 0 atom stereocenters. The normalized spacial score (nSPS) is 17.2. The zero-order valence-corrected chi connectivity index (χ0v) is 19.4. The third kappa shape index (κ3) is 3.45. The van der Waals surface area contributed by atoms with Crippen LogP contribution in [0.25, 0.3) is 60.5 Å². The third-order valence-corrected chi connectivity index (χ3v) is 6.52. The Morgan fingerprint density at radius 1 is 0.676 bits per heavy atom. The predicted octanol–water partition coefficient (Wildman–Crippen LogP) is 9.23. The van der Waals surface area contributed by atoms with Crippen LogP contribution in [-0.2, 0) is 6.37 Å². The van der Waals surface area contributed by atoms with Crippen LogP contribution < -0.4 is 0 Å². The van der Waals surface area contributed by atoms with Gasteiger partial charge >= 0.3 is 0 Å². The molecule has 0 unspecified atom stereocenters. The van der Waals surface area contributed by atoms with E-state index in [0.717, 1.165) is 0 Å². The quantitative estimate of drug-likeness (QED) is 0.226. The first-order chi connectivity index (χ1) is 23.6. The van der Waals surface area contributed by atoms with Gasteiger partial charge in [0.15, 0.2) is 0 Å². The molecule has 176 valence electrons. The summed E-state index contributed by atoms with van der Waals surface area (Å²) in [5.74, 6) is -0.335. The standard InChI is InChI=1S/C35H26N2/c1-2-33-36-31-18-10-11-19-32(31)37(33)26-22-20-25(21-23-26)35-29-16-8-6-14-27(29)34(24-12-4-3-5-13-24)28-15-7-9-17-30(28)35/h3-23H,2H2,1H3/i1D3,2D2,6D,7D,8D,9D,14D,15D,16D,17D. The van der Waals surface area contributed by atoms with Crippen molar-refractivity contribution < 1.29 is 17.8 Å². The van der Waals surface area contributed by atoms with E-state index in [1.54, 1.807) is 78.9 Å². The molecular weight excluding hydrogens is 448 g/mol. The minimum atomic E-state index is -3.04. The van der Waals surface area contributed by atoms with E-state index >= 15 is 0 Å². The number of aryl methyl sites for hydroxylation is 1. The van der Waals surface area contributed by atoms with E-state index in [1.165, 1.54) is 4.57 Å². The topological polar surface area (TPSA) is 17.8 Å². The minimum Gasteiger partial charge on any atom is -0.296 e. The van der Waals surface area contributed by atoms with Crippen molar-refractivity contribution in [2.24, 2.45) is 0 Å². The number of nitrogens with zero attached hydrogens (tertiary/aromatic N) is 2. The van der Waals surface area contributed by atoms with Gasteiger partial charge in [0.2, 0.25) is 0 Å². The van der Waals surface area contributed by atoms with Gasteiger partial charge < -0.3 is 0 Å². The van der Waals surface area contributed by atoms with Crippen molar-refractivity contribution >= 4 is 32.6 Å². The molecule has 0 saturated carbocycles. The second kappa shape index (κ2) is 8.76. The molecule has 2 nitrogen and oxygen atoms in total. The molecule has 7 aromatic rings. The van der Waals surface area contributed by atoms with Crippen LogP contribution >= 0.6 is 0 Å². The minimum absolute atomic E-state index is 0.0626. The van der Waals surface area contributed by atoms with Crippen LogP contribution in [-0.4, -0.2) is 9.55 Å². The number of aromatic nitrogens is 2. The number of imidazole rings is 1. The Bertz CT molecular complexity index is 2440. The predicted molar refractivity (Wildman–Crippen MR) is 156 cm³/mol. The second-order valence-corrected chi connectivity index (χ2v) is 8.55. The Morgan fingerprint density at radius 2 is 1.22 bits per heavy atom. The number of fused-ring (bicyclic) bond motifs is 3. The third-order valence-electron chi connectivity index (χ3n) is 6.52. The first-order valence-corrected chi connectivity index (χ1v) is 11.7. The Balaban J connectivity index is 1.62. The van der Waals surface area contributed by atoms with Gasteiger partial charge in [-0.05, 0) is 68.1 Å². The van der Waals surface area contributed by atoms with E-state index in [-0.39, 0.29) is 62.7 Å². The molecule has 7 rings (SSSR count). The maximum atomic E-state index is 9.08. The maximum Gasteiger partial charge on any atom is 0.114 e. The number of hydrogen-bond donors (Lipinski definition) is 0. The lowest BCUT2D eigenvalue weighted by atomic mass is 9.86. The fourth-order valence-corrected chi connectivity index (χ4v) is 4.96. The van der Waals surface area contributed by atoms with Gasteiger partial charge in [-0.15, -0.1) is 0 Å². The zero-order chi connectivity index (χ0) is 36.0. The SMILES string of the molecule is [2H]c1c([2H])c([2H])c2c(-c3ccc(-n4c(C([2H])([2H])C([2H])([2H])[2H])nc5ccccc54)cc3)c3c([2H])c([2H])c([2H])c([2H])c3c(-c3ccccc3)c2c1[2H]. The lowest BCUT2D eigenvalue weighted by molar-refractivity contribution is 0.908. The van der Waals surface area contributed by atoms with Gasteiger partial charge in [0.25, 0.3) is 0 Å². The van der Waals surface area contributed by atoms with Crippen LogP contribution in [0.3, 0.4) is 0 Å². The first kappa shape index (κ1) is 12.0. The molecule has 0 N–H and O–H groups in total. The van der Waals surface area contributed by atoms with Crippen molar-refractivity contribution in [3.05, 3.63) is 133 Å². The molecule has 0 radical (unpaired) electrons. The van der Waals surface area contributed by atoms with Crippen molar-refractivity contribution in [3.8, 4) is 27.9 Å². The summed E-state index contributed by atoms with van der Waals surface area (Å²) in [5, 5.41) is 0.306. The molecule has 0 aliphatic rings. The summed E-state index contributed by atoms with van der Waals surface area (Å²) in [4.78, 5) is 4.37. The Hall–Kier alpha value is -4.69. The molecule has 2 heteroatoms. The molecule has 37 heavy (non-hydrogen) atoms. The van der Waals surface area contributed by atoms with Crippen molar-refractivity contribution in [1.29, 1.82) is 0 Å². The average Bonchev–Trinajstić information content (AvgIpc) is 3.50. The van der Waals surface area contributed by atoms with E-state index in [0.29, 0.717) is 27.8 Å². The smallest absolute Gasteiger partial charge is 0.114 e. The number of hydrogen-bond acceptors (Lipinski definition) is 1. The molecule has 0 saturated heterocycles. The summed E-state index contributed by atoms with van der Waals surface area (Å²) in [6, 6.07) is 18.3. The molecule has 0 spiro atoms. The average molecular weight is 488 g/mol. The molecular formula is C35H26N2. The summed E-state index contributed by atoms with van der Waals surface area (Å²) in [6.45, 7) is -3.04. The van der Waals surface area contributed by atoms with E-state index in [2.05, 4.69) is 4.98 Å². The molecule has 0 aliphatic heterocycles. The van der Waals surface area contributed by atoms with Crippen LogP contribution in [0.4, 0.5) is 0 Å². The highest BCUT2D eigenvalue weighted by atomic mass is 15.1. The number of rotatable bonds is 4. The van der Waals surface area contributed by atoms with Crippen LogP contribution in [0.2, 0.25) is 0 Å². The lowest BCUT2D eigenvalue weighted by Gasteiger charge is -2.18. The second-order valence-electron chi connectivity index (χ2n) is 8.55. The number of benzene rings is 6. The molecule has 6 aromatic carbocycles. The highest BCUT2D eigenvalue weighted by Gasteiger charge is 2.17. The van der Waals surface area contributed by atoms with Gasteiger partial charge in [-0.3, -0.25) is 4.57 Å². The lowest BCUT2D eigenvalue weighted by Crippen LogP contribution is -2.00. The van der Waals surface area contributed by atoms with Crippen LogP contribution in [0.1, 0.15) is 30.5 Å². The molecule has 0 aliphatic carbocycles. The van der Waals surface area contributed by atoms with Gasteiger partial charge in [-0.2, -0.15) is 0 Å². The highest BCUT2D eigenvalue weighted by molar-refractivity contribution is 6.21. The fraction of sp³-hybridized carbons (Fsp3) is 0.0571. The van der Waals surface area contributed by atoms with Crippen molar-refractivity contribution in [3.63, 3.8) is 0 Å². The largest absolute Gasteiger partial charge is 0.296 e. The Kier molecular flexibility index (Phi) is 2.85. The van der Waals surface area contributed by atoms with Crippen molar-refractivity contribution in [2.75, 3.05) is 0 Å². The summed E-state index contributed by atoms with van der Waals surface area (Å²) in [7, 11) is 0. The van der Waals surface area contributed by atoms with Gasteiger partial charge in [-0.25, -0.2) is 4.98 Å². The summed E-state index contributed by atoms with van der Waals surface area (Å²) < 4.78 is 113. The van der Waals surface area contributed by atoms with E-state index in [9.17, 15) is 0 Å². The van der Waals surface area contributed by atoms with Gasteiger partial charge in [0, 0.05) is 18.9 Å². The first-order valence-electron chi connectivity index (χ1n) is 18.2. The Morgan fingerprint density at radius 3 is 1.81 bits per heavy atom. The molecule has 1 aromatic heterocycles. The molecule has 1 heterocycles. The monoisotopic (exact) mass is 487 g/mol. The Labute approximate surface area is 234 Å². The van der Waals surface area contributed by atoms with Crippen LogP contribution in [0.5, 0.6) is 0 Å². The van der Waals surface area contributed by atoms with E-state index in [4.69, 9.17) is 17.8 Å². The van der Waals surface area contributed by atoms with Crippen LogP contribution in [0, 0.1) is 0 Å². The van der Waals surface area contributed by atoms with Gasteiger partial charge in [0.1, 0.15) is 5.82 Å². The zero-order valence-electron chi connectivity index (χ0n) is 32.4. The van der Waals surface area contributed by atoms with Gasteiger partial charge in [0.05, 0.1) is 22.0 Å². The molecule has 0 bridgehead atoms. The molecule has 0 fully saturated rings. The van der Waals surface area contributed by atoms with Crippen LogP contribution in [0.15, 0.2) is 127 Å².